The molecule has 0 saturated heterocycles. The van der Waals surface area contributed by atoms with Gasteiger partial charge in [0.05, 0.1) is 0 Å². The van der Waals surface area contributed by atoms with Crippen LogP contribution in [0.1, 0.15) is 26.2 Å². The first kappa shape index (κ1) is 5.80. The first-order chi connectivity index (χ1) is 3.86. The van der Waals surface area contributed by atoms with Crippen LogP contribution >= 0.6 is 0 Å². The summed E-state index contributed by atoms with van der Waals surface area (Å²) in [5, 5.41) is 0. The van der Waals surface area contributed by atoms with Gasteiger partial charge in [-0.15, -0.1) is 0 Å². The van der Waals surface area contributed by atoms with Crippen LogP contribution in [0, 0.1) is 11.8 Å². The fourth-order valence-electron chi connectivity index (χ4n) is 1.17. The van der Waals surface area contributed by atoms with E-state index < -0.39 is 0 Å². The van der Waals surface area contributed by atoms with Gasteiger partial charge in [-0.05, 0) is 18.8 Å². The van der Waals surface area contributed by atoms with Crippen molar-refractivity contribution in [2.24, 2.45) is 11.8 Å². The van der Waals surface area contributed by atoms with E-state index in [1.807, 2.05) is 6.29 Å². The molecule has 0 aromatic carbocycles. The minimum Gasteiger partial charge on any atom is -0.291 e. The highest BCUT2D eigenvalue weighted by Crippen LogP contribution is 2.33. The van der Waals surface area contributed by atoms with Gasteiger partial charge in [-0.2, -0.15) is 0 Å². The zero-order valence-corrected chi connectivity index (χ0v) is 5.18. The normalized spacial score (nSPS) is 36.1. The molecule has 0 atom stereocenters. The van der Waals surface area contributed by atoms with E-state index in [0.717, 1.165) is 18.8 Å². The monoisotopic (exact) mass is 111 g/mol. The Kier molecular flexibility index (Phi) is 1.66. The van der Waals surface area contributed by atoms with Crippen molar-refractivity contribution in [2.75, 3.05) is 0 Å². The smallest absolute Gasteiger partial charge is 0.201 e. The first-order valence-corrected chi connectivity index (χ1v) is 3.24. The maximum atomic E-state index is 9.92. The van der Waals surface area contributed by atoms with Crippen LogP contribution in [-0.4, -0.2) is 6.29 Å². The molecule has 1 nitrogen and oxygen atoms in total. The summed E-state index contributed by atoms with van der Waals surface area (Å²) in [4.78, 5) is 9.92. The molecule has 1 radical (unpaired) electrons. The molecule has 1 aliphatic carbocycles. The Morgan fingerprint density at radius 2 is 2.25 bits per heavy atom. The van der Waals surface area contributed by atoms with Crippen molar-refractivity contribution in [1.29, 1.82) is 0 Å². The number of hydrogen-bond acceptors (Lipinski definition) is 1. The maximum Gasteiger partial charge on any atom is 0.201 e. The highest BCUT2D eigenvalue weighted by molar-refractivity contribution is 5.55. The second-order valence-electron chi connectivity index (χ2n) is 2.56. The summed E-state index contributed by atoms with van der Waals surface area (Å²) in [6.07, 6.45) is 5.44. The van der Waals surface area contributed by atoms with Gasteiger partial charge in [0.15, 0.2) is 0 Å². The van der Waals surface area contributed by atoms with Gasteiger partial charge in [0.2, 0.25) is 6.29 Å². The number of rotatable bonds is 2. The van der Waals surface area contributed by atoms with Crippen molar-refractivity contribution >= 4 is 6.29 Å². The Bertz CT molecular complexity index is 82.4. The molecular formula is C7H11O. The van der Waals surface area contributed by atoms with E-state index in [9.17, 15) is 4.79 Å². The Balaban J connectivity index is 2.11. The fourth-order valence-corrected chi connectivity index (χ4v) is 1.17. The van der Waals surface area contributed by atoms with Crippen molar-refractivity contribution in [1.82, 2.24) is 0 Å². The summed E-state index contributed by atoms with van der Waals surface area (Å²) in [5.41, 5.74) is 0. The third-order valence-electron chi connectivity index (χ3n) is 1.98. The average molecular weight is 111 g/mol. The van der Waals surface area contributed by atoms with Gasteiger partial charge in [0.1, 0.15) is 0 Å². The SMILES string of the molecule is CCC1CC([C]=O)C1. The van der Waals surface area contributed by atoms with E-state index in [-0.39, 0.29) is 0 Å². The maximum absolute atomic E-state index is 9.92. The van der Waals surface area contributed by atoms with E-state index in [4.69, 9.17) is 0 Å². The van der Waals surface area contributed by atoms with Crippen molar-refractivity contribution in [2.45, 2.75) is 26.2 Å². The lowest BCUT2D eigenvalue weighted by Gasteiger charge is -2.29. The van der Waals surface area contributed by atoms with Crippen molar-refractivity contribution in [3.63, 3.8) is 0 Å². The quantitative estimate of drug-likeness (QED) is 0.528. The van der Waals surface area contributed by atoms with E-state index in [2.05, 4.69) is 6.92 Å². The molecule has 1 fully saturated rings. The van der Waals surface area contributed by atoms with E-state index in [0.29, 0.717) is 5.92 Å². The Morgan fingerprint density at radius 1 is 1.62 bits per heavy atom. The minimum atomic E-state index is 0.292. The van der Waals surface area contributed by atoms with Gasteiger partial charge in [-0.1, -0.05) is 13.3 Å². The molecule has 0 unspecified atom stereocenters. The predicted octanol–water partition coefficient (Wildman–Crippen LogP) is 1.53. The third-order valence-corrected chi connectivity index (χ3v) is 1.98. The van der Waals surface area contributed by atoms with Crippen LogP contribution in [0.4, 0.5) is 0 Å². The molecule has 1 saturated carbocycles. The Hall–Kier alpha value is -0.330. The summed E-state index contributed by atoms with van der Waals surface area (Å²) in [5.74, 6) is 1.13. The largest absolute Gasteiger partial charge is 0.291 e. The molecule has 0 heterocycles. The second-order valence-corrected chi connectivity index (χ2v) is 2.56. The summed E-state index contributed by atoms with van der Waals surface area (Å²) >= 11 is 0. The summed E-state index contributed by atoms with van der Waals surface area (Å²) < 4.78 is 0. The lowest BCUT2D eigenvalue weighted by atomic mass is 9.74. The van der Waals surface area contributed by atoms with Gasteiger partial charge in [-0.3, -0.25) is 4.79 Å². The van der Waals surface area contributed by atoms with Crippen LogP contribution in [0.15, 0.2) is 0 Å². The van der Waals surface area contributed by atoms with Crippen LogP contribution in [0.25, 0.3) is 0 Å². The average Bonchev–Trinajstić information content (AvgIpc) is 1.65. The van der Waals surface area contributed by atoms with E-state index in [1.165, 1.54) is 6.42 Å². The Labute approximate surface area is 50.1 Å². The molecule has 0 bridgehead atoms. The van der Waals surface area contributed by atoms with Crippen molar-refractivity contribution in [3.05, 3.63) is 0 Å². The molecule has 0 N–H and O–H groups in total. The van der Waals surface area contributed by atoms with Gasteiger partial charge in [-0.25, -0.2) is 0 Å². The van der Waals surface area contributed by atoms with Crippen molar-refractivity contribution in [3.8, 4) is 0 Å². The zero-order valence-electron chi connectivity index (χ0n) is 5.18. The molecule has 0 aromatic rings. The van der Waals surface area contributed by atoms with Crippen molar-refractivity contribution < 1.29 is 4.79 Å². The van der Waals surface area contributed by atoms with Gasteiger partial charge in [0, 0.05) is 5.92 Å². The fraction of sp³-hybridized carbons (Fsp3) is 0.857. The molecule has 0 aliphatic heterocycles. The molecule has 45 valence electrons. The topological polar surface area (TPSA) is 17.1 Å². The number of hydrogen-bond donors (Lipinski definition) is 0. The molecule has 0 amide bonds. The Morgan fingerprint density at radius 3 is 2.62 bits per heavy atom. The van der Waals surface area contributed by atoms with Gasteiger partial charge in [0.25, 0.3) is 0 Å². The molecule has 1 heteroatoms. The predicted molar refractivity (Wildman–Crippen MR) is 32.2 cm³/mol. The standard InChI is InChI=1S/C7H11O/c1-2-6-3-7(4-6)5-8/h6-7H,2-4H2,1H3. The van der Waals surface area contributed by atoms with Gasteiger partial charge < -0.3 is 0 Å². The first-order valence-electron chi connectivity index (χ1n) is 3.24. The zero-order chi connectivity index (χ0) is 5.98. The molecule has 1 rings (SSSR count). The molecule has 0 spiro atoms. The van der Waals surface area contributed by atoms with Crippen LogP contribution in [0.2, 0.25) is 0 Å². The van der Waals surface area contributed by atoms with Crippen LogP contribution in [0.3, 0.4) is 0 Å². The van der Waals surface area contributed by atoms with Crippen LogP contribution in [0.5, 0.6) is 0 Å². The second kappa shape index (κ2) is 2.29. The summed E-state index contributed by atoms with van der Waals surface area (Å²) in [6.45, 7) is 2.17. The lowest BCUT2D eigenvalue weighted by Crippen LogP contribution is -2.23. The van der Waals surface area contributed by atoms with E-state index >= 15 is 0 Å². The van der Waals surface area contributed by atoms with Crippen LogP contribution in [-0.2, 0) is 4.79 Å². The van der Waals surface area contributed by atoms with Gasteiger partial charge >= 0.3 is 0 Å². The van der Waals surface area contributed by atoms with Crippen LogP contribution < -0.4 is 0 Å². The molecule has 1 aliphatic rings. The van der Waals surface area contributed by atoms with E-state index in [1.54, 1.807) is 0 Å². The molecular weight excluding hydrogens is 100 g/mol. The number of carbonyl (C=O) groups excluding carboxylic acids is 1. The highest BCUT2D eigenvalue weighted by Gasteiger charge is 2.27. The highest BCUT2D eigenvalue weighted by atomic mass is 16.1. The molecule has 8 heavy (non-hydrogen) atoms. The molecule has 0 aromatic heterocycles. The lowest BCUT2D eigenvalue weighted by molar-refractivity contribution is 0.243. The summed E-state index contributed by atoms with van der Waals surface area (Å²) in [6, 6.07) is 0. The minimum absolute atomic E-state index is 0.292. The summed E-state index contributed by atoms with van der Waals surface area (Å²) in [7, 11) is 0. The third kappa shape index (κ3) is 0.908.